The highest BCUT2D eigenvalue weighted by atomic mass is 32.2. The highest BCUT2D eigenvalue weighted by Crippen LogP contribution is 2.36. The molecule has 1 atom stereocenters. The van der Waals surface area contributed by atoms with Gasteiger partial charge in [-0.15, -0.1) is 0 Å². The Hall–Kier alpha value is -2.09. The van der Waals surface area contributed by atoms with Gasteiger partial charge in [-0.3, -0.25) is 4.90 Å². The number of benzene rings is 1. The van der Waals surface area contributed by atoms with Crippen LogP contribution in [0.4, 0.5) is 4.79 Å². The first-order chi connectivity index (χ1) is 11.0. The number of carboxylic acids is 1. The van der Waals surface area contributed by atoms with Gasteiger partial charge >= 0.3 is 12.1 Å². The topological polar surface area (TPSA) is 101 Å². The van der Waals surface area contributed by atoms with Gasteiger partial charge in [0.15, 0.2) is 15.9 Å². The Kier molecular flexibility index (Phi) is 4.63. The van der Waals surface area contributed by atoms with Crippen molar-refractivity contribution in [2.24, 2.45) is 0 Å². The van der Waals surface area contributed by atoms with Crippen LogP contribution >= 0.6 is 0 Å². The van der Waals surface area contributed by atoms with Crippen molar-refractivity contribution in [1.82, 2.24) is 4.90 Å². The van der Waals surface area contributed by atoms with E-state index in [2.05, 4.69) is 0 Å². The zero-order valence-corrected chi connectivity index (χ0v) is 14.9. The van der Waals surface area contributed by atoms with Crippen LogP contribution in [0.3, 0.4) is 0 Å². The average Bonchev–Trinajstić information content (AvgIpc) is 2.84. The van der Waals surface area contributed by atoms with E-state index in [0.29, 0.717) is 11.1 Å². The summed E-state index contributed by atoms with van der Waals surface area (Å²) in [6, 6.07) is 3.09. The minimum absolute atomic E-state index is 0.00567. The molecule has 0 aliphatic carbocycles. The van der Waals surface area contributed by atoms with Crippen LogP contribution in [0.1, 0.15) is 44.9 Å². The number of sulfone groups is 1. The van der Waals surface area contributed by atoms with Gasteiger partial charge in [0.05, 0.1) is 17.2 Å². The van der Waals surface area contributed by atoms with E-state index in [0.717, 1.165) is 4.90 Å². The molecule has 1 aliphatic rings. The van der Waals surface area contributed by atoms with Gasteiger partial charge in [-0.05, 0) is 44.0 Å². The molecule has 0 fully saturated rings. The third kappa shape index (κ3) is 3.53. The van der Waals surface area contributed by atoms with Gasteiger partial charge in [-0.2, -0.15) is 0 Å². The molecule has 1 N–H and O–H groups in total. The number of ether oxygens (including phenoxy) is 1. The van der Waals surface area contributed by atoms with Crippen molar-refractivity contribution in [2.45, 2.75) is 50.8 Å². The number of amides is 1. The summed E-state index contributed by atoms with van der Waals surface area (Å²) in [5.41, 5.74) is 0.150. The molecule has 8 heteroatoms. The number of rotatable bonds is 3. The van der Waals surface area contributed by atoms with E-state index in [1.165, 1.54) is 25.1 Å². The van der Waals surface area contributed by atoms with Crippen LogP contribution in [0.25, 0.3) is 0 Å². The molecular formula is C16H21NO6S. The van der Waals surface area contributed by atoms with Crippen LogP contribution in [-0.2, 0) is 25.9 Å². The zero-order chi connectivity index (χ0) is 18.3. The summed E-state index contributed by atoms with van der Waals surface area (Å²) in [5.74, 6) is -1.24. The van der Waals surface area contributed by atoms with E-state index in [-0.39, 0.29) is 17.2 Å². The Balaban J connectivity index is 2.42. The van der Waals surface area contributed by atoms with Crippen molar-refractivity contribution in [3.63, 3.8) is 0 Å². The number of hydrogen-bond acceptors (Lipinski definition) is 5. The van der Waals surface area contributed by atoms with Gasteiger partial charge in [-0.25, -0.2) is 18.0 Å². The Morgan fingerprint density at radius 1 is 1.33 bits per heavy atom. The van der Waals surface area contributed by atoms with Crippen LogP contribution in [0.5, 0.6) is 0 Å². The lowest BCUT2D eigenvalue weighted by Gasteiger charge is -2.27. The first kappa shape index (κ1) is 18.3. The number of hydrogen-bond donors (Lipinski definition) is 1. The number of carbonyl (C=O) groups is 2. The SMILES string of the molecule is CCS(=O)(=O)c1ccc2c(c1)CN(C(=O)OC(C)(C)C)[C@@H]2C(=O)O. The molecule has 1 heterocycles. The molecule has 7 nitrogen and oxygen atoms in total. The highest BCUT2D eigenvalue weighted by Gasteiger charge is 2.41. The molecule has 24 heavy (non-hydrogen) atoms. The molecule has 2 rings (SSSR count). The highest BCUT2D eigenvalue weighted by molar-refractivity contribution is 7.91. The Bertz CT molecular complexity index is 778. The fourth-order valence-corrected chi connectivity index (χ4v) is 3.48. The number of carbonyl (C=O) groups excluding carboxylic acids is 1. The van der Waals surface area contributed by atoms with Crippen LogP contribution in [-0.4, -0.2) is 41.8 Å². The molecule has 0 aromatic heterocycles. The zero-order valence-electron chi connectivity index (χ0n) is 14.1. The normalized spacial score (nSPS) is 17.5. The number of nitrogens with zero attached hydrogens (tertiary/aromatic N) is 1. The number of aliphatic carboxylic acids is 1. The summed E-state index contributed by atoms with van der Waals surface area (Å²) in [7, 11) is -3.41. The van der Waals surface area contributed by atoms with Gasteiger partial charge < -0.3 is 9.84 Å². The molecule has 1 aromatic rings. The Morgan fingerprint density at radius 3 is 2.46 bits per heavy atom. The second kappa shape index (κ2) is 6.08. The fraction of sp³-hybridized carbons (Fsp3) is 0.500. The molecule has 0 radical (unpaired) electrons. The van der Waals surface area contributed by atoms with Gasteiger partial charge in [0, 0.05) is 0 Å². The van der Waals surface area contributed by atoms with Crippen molar-refractivity contribution in [3.8, 4) is 0 Å². The minimum atomic E-state index is -3.41. The van der Waals surface area contributed by atoms with E-state index in [1.807, 2.05) is 0 Å². The van der Waals surface area contributed by atoms with Crippen molar-refractivity contribution in [2.75, 3.05) is 5.75 Å². The van der Waals surface area contributed by atoms with E-state index >= 15 is 0 Å². The van der Waals surface area contributed by atoms with Crippen molar-refractivity contribution >= 4 is 21.9 Å². The van der Waals surface area contributed by atoms with Crippen molar-refractivity contribution in [1.29, 1.82) is 0 Å². The Labute approximate surface area is 141 Å². The van der Waals surface area contributed by atoms with Gasteiger partial charge in [-0.1, -0.05) is 13.0 Å². The molecule has 0 saturated carbocycles. The van der Waals surface area contributed by atoms with E-state index < -0.39 is 33.5 Å². The third-order valence-corrected chi connectivity index (χ3v) is 5.39. The van der Waals surface area contributed by atoms with Gasteiger partial charge in [0.25, 0.3) is 0 Å². The molecule has 1 aromatic carbocycles. The van der Waals surface area contributed by atoms with E-state index in [4.69, 9.17) is 4.74 Å². The number of fused-ring (bicyclic) bond motifs is 1. The number of carboxylic acid groups (broad SMARTS) is 1. The maximum Gasteiger partial charge on any atom is 0.411 e. The summed E-state index contributed by atoms with van der Waals surface area (Å²) in [6.45, 7) is 6.60. The molecule has 0 spiro atoms. The maximum atomic E-state index is 12.3. The minimum Gasteiger partial charge on any atom is -0.479 e. The summed E-state index contributed by atoms with van der Waals surface area (Å²) < 4.78 is 29.3. The average molecular weight is 355 g/mol. The summed E-state index contributed by atoms with van der Waals surface area (Å²) >= 11 is 0. The third-order valence-electron chi connectivity index (χ3n) is 3.66. The maximum absolute atomic E-state index is 12.3. The predicted molar refractivity (Wildman–Crippen MR) is 86.3 cm³/mol. The van der Waals surface area contributed by atoms with Crippen LogP contribution < -0.4 is 0 Å². The Morgan fingerprint density at radius 2 is 1.96 bits per heavy atom. The lowest BCUT2D eigenvalue weighted by Crippen LogP contribution is -2.38. The van der Waals surface area contributed by atoms with E-state index in [1.54, 1.807) is 20.8 Å². The smallest absolute Gasteiger partial charge is 0.411 e. The molecule has 0 saturated heterocycles. The molecule has 0 unspecified atom stereocenters. The second-order valence-corrected chi connectivity index (χ2v) is 8.89. The van der Waals surface area contributed by atoms with Gasteiger partial charge in [0.1, 0.15) is 5.60 Å². The first-order valence-electron chi connectivity index (χ1n) is 7.54. The quantitative estimate of drug-likeness (QED) is 0.893. The van der Waals surface area contributed by atoms with Crippen LogP contribution in [0, 0.1) is 0 Å². The molecule has 132 valence electrons. The largest absolute Gasteiger partial charge is 0.479 e. The van der Waals surface area contributed by atoms with Crippen molar-refractivity contribution in [3.05, 3.63) is 29.3 Å². The lowest BCUT2D eigenvalue weighted by molar-refractivity contribution is -0.143. The lowest BCUT2D eigenvalue weighted by atomic mass is 10.1. The van der Waals surface area contributed by atoms with Gasteiger partial charge in [0.2, 0.25) is 0 Å². The molecule has 1 amide bonds. The summed E-state index contributed by atoms with van der Waals surface area (Å²) in [5, 5.41) is 9.49. The predicted octanol–water partition coefficient (Wildman–Crippen LogP) is 2.36. The second-order valence-electron chi connectivity index (χ2n) is 6.61. The summed E-state index contributed by atoms with van der Waals surface area (Å²) in [4.78, 5) is 25.1. The van der Waals surface area contributed by atoms with Crippen LogP contribution in [0.15, 0.2) is 23.1 Å². The molecule has 0 bridgehead atoms. The standard InChI is InChI=1S/C16H21NO6S/c1-5-24(21,22)11-6-7-12-10(8-11)9-17(13(12)14(18)19)15(20)23-16(2,3)4/h6-8,13H,5,9H2,1-4H3,(H,18,19)/t13-/m0/s1. The summed E-state index contributed by atoms with van der Waals surface area (Å²) in [6.07, 6.45) is -0.744. The van der Waals surface area contributed by atoms with Crippen LogP contribution in [0.2, 0.25) is 0 Å². The monoisotopic (exact) mass is 355 g/mol. The fourth-order valence-electron chi connectivity index (χ4n) is 2.55. The molecular weight excluding hydrogens is 334 g/mol. The molecule has 1 aliphatic heterocycles. The van der Waals surface area contributed by atoms with Crippen molar-refractivity contribution < 1.29 is 27.9 Å². The van der Waals surface area contributed by atoms with E-state index in [9.17, 15) is 23.1 Å². The first-order valence-corrected chi connectivity index (χ1v) is 9.19.